The van der Waals surface area contributed by atoms with E-state index >= 15 is 0 Å². The van der Waals surface area contributed by atoms with Gasteiger partial charge in [0.1, 0.15) is 0 Å². The number of rotatable bonds is 2. The van der Waals surface area contributed by atoms with Gasteiger partial charge in [-0.05, 0) is 29.4 Å². The number of para-hydroxylation sites is 1. The van der Waals surface area contributed by atoms with Crippen LogP contribution >= 0.6 is 0 Å². The number of hydrogen-bond donors (Lipinski definition) is 0. The molecular formula is C15H10N4O. The van der Waals surface area contributed by atoms with Gasteiger partial charge in [0.15, 0.2) is 0 Å². The Morgan fingerprint density at radius 1 is 0.950 bits per heavy atom. The smallest absolute Gasteiger partial charge is 0.275 e. The van der Waals surface area contributed by atoms with Crippen LogP contribution in [-0.4, -0.2) is 19.7 Å². The summed E-state index contributed by atoms with van der Waals surface area (Å²) in [6.07, 6.45) is 5.33. The minimum atomic E-state index is 0.486. The molecule has 0 saturated heterocycles. The van der Waals surface area contributed by atoms with Crippen LogP contribution in [-0.2, 0) is 0 Å². The van der Waals surface area contributed by atoms with Gasteiger partial charge in [-0.1, -0.05) is 18.2 Å². The molecule has 0 aliphatic carbocycles. The van der Waals surface area contributed by atoms with Crippen molar-refractivity contribution in [1.82, 2.24) is 19.7 Å². The summed E-state index contributed by atoms with van der Waals surface area (Å²) < 4.78 is 7.22. The quantitative estimate of drug-likeness (QED) is 0.557. The predicted molar refractivity (Wildman–Crippen MR) is 74.4 cm³/mol. The van der Waals surface area contributed by atoms with Gasteiger partial charge in [0.25, 0.3) is 11.8 Å². The highest BCUT2D eigenvalue weighted by Gasteiger charge is 2.11. The normalized spacial score (nSPS) is 11.0. The molecule has 0 spiro atoms. The van der Waals surface area contributed by atoms with E-state index in [9.17, 15) is 0 Å². The van der Waals surface area contributed by atoms with Crippen molar-refractivity contribution in [3.05, 3.63) is 61.1 Å². The molecule has 0 atom stereocenters. The third kappa shape index (κ3) is 1.68. The predicted octanol–water partition coefficient (Wildman–Crippen LogP) is 3.08. The summed E-state index contributed by atoms with van der Waals surface area (Å²) in [6.45, 7) is 0. The van der Waals surface area contributed by atoms with Gasteiger partial charge >= 0.3 is 0 Å². The van der Waals surface area contributed by atoms with Crippen LogP contribution in [0.2, 0.25) is 0 Å². The number of pyridine rings is 1. The topological polar surface area (TPSA) is 56.7 Å². The molecule has 0 saturated carbocycles. The minimum absolute atomic E-state index is 0.486. The van der Waals surface area contributed by atoms with Crippen LogP contribution in [0.1, 0.15) is 0 Å². The van der Waals surface area contributed by atoms with Gasteiger partial charge in [0.2, 0.25) is 0 Å². The molecule has 5 nitrogen and oxygen atoms in total. The lowest BCUT2D eigenvalue weighted by Crippen LogP contribution is -1.94. The fourth-order valence-corrected chi connectivity index (χ4v) is 2.18. The van der Waals surface area contributed by atoms with Crippen LogP contribution in [0.5, 0.6) is 0 Å². The first kappa shape index (κ1) is 10.9. The lowest BCUT2D eigenvalue weighted by Gasteiger charge is -1.97. The molecule has 0 N–H and O–H groups in total. The van der Waals surface area contributed by atoms with E-state index in [0.717, 1.165) is 16.5 Å². The molecule has 20 heavy (non-hydrogen) atoms. The van der Waals surface area contributed by atoms with Crippen molar-refractivity contribution >= 4 is 10.9 Å². The molecule has 0 bridgehead atoms. The van der Waals surface area contributed by atoms with Gasteiger partial charge in [-0.3, -0.25) is 9.55 Å². The van der Waals surface area contributed by atoms with E-state index in [1.807, 2.05) is 47.2 Å². The van der Waals surface area contributed by atoms with E-state index in [0.29, 0.717) is 11.8 Å². The number of benzene rings is 1. The second kappa shape index (κ2) is 4.31. The zero-order chi connectivity index (χ0) is 13.4. The molecule has 3 aromatic heterocycles. The summed E-state index contributed by atoms with van der Waals surface area (Å²) >= 11 is 0. The lowest BCUT2D eigenvalue weighted by atomic mass is 10.2. The number of aromatic nitrogens is 4. The Kier molecular flexibility index (Phi) is 2.35. The SMILES string of the molecule is c1ccc2c(c1)ccn2-c1noc(-c2ccncc2)n1. The fraction of sp³-hybridized carbons (Fsp3) is 0. The van der Waals surface area contributed by atoms with Crippen molar-refractivity contribution in [1.29, 1.82) is 0 Å². The molecule has 0 aliphatic rings. The Morgan fingerprint density at radius 2 is 1.80 bits per heavy atom. The van der Waals surface area contributed by atoms with Crippen molar-refractivity contribution in [2.75, 3.05) is 0 Å². The Hall–Kier alpha value is -2.95. The molecule has 0 unspecified atom stereocenters. The first-order valence-electron chi connectivity index (χ1n) is 6.22. The van der Waals surface area contributed by atoms with Gasteiger partial charge in [-0.25, -0.2) is 0 Å². The van der Waals surface area contributed by atoms with Crippen molar-refractivity contribution in [3.8, 4) is 17.4 Å². The molecule has 3 heterocycles. The molecular weight excluding hydrogens is 252 g/mol. The first-order chi connectivity index (χ1) is 9.92. The molecule has 0 radical (unpaired) electrons. The summed E-state index contributed by atoms with van der Waals surface area (Å²) in [7, 11) is 0. The van der Waals surface area contributed by atoms with Gasteiger partial charge in [0, 0.05) is 29.5 Å². The van der Waals surface area contributed by atoms with Crippen LogP contribution in [0, 0.1) is 0 Å². The number of nitrogens with zero attached hydrogens (tertiary/aromatic N) is 4. The largest absolute Gasteiger partial charge is 0.332 e. The molecule has 0 amide bonds. The van der Waals surface area contributed by atoms with Gasteiger partial charge in [-0.2, -0.15) is 4.98 Å². The summed E-state index contributed by atoms with van der Waals surface area (Å²) in [4.78, 5) is 8.40. The molecule has 4 rings (SSSR count). The molecule has 0 fully saturated rings. The average molecular weight is 262 g/mol. The van der Waals surface area contributed by atoms with Crippen LogP contribution in [0.4, 0.5) is 0 Å². The van der Waals surface area contributed by atoms with Gasteiger partial charge < -0.3 is 4.52 Å². The zero-order valence-electron chi connectivity index (χ0n) is 10.5. The van der Waals surface area contributed by atoms with Crippen LogP contribution in [0.25, 0.3) is 28.3 Å². The first-order valence-corrected chi connectivity index (χ1v) is 6.22. The van der Waals surface area contributed by atoms with E-state index in [2.05, 4.69) is 21.2 Å². The maximum Gasteiger partial charge on any atom is 0.275 e. The van der Waals surface area contributed by atoms with Crippen LogP contribution in [0.3, 0.4) is 0 Å². The number of hydrogen-bond acceptors (Lipinski definition) is 4. The van der Waals surface area contributed by atoms with Crippen molar-refractivity contribution in [2.45, 2.75) is 0 Å². The Labute approximate surface area is 114 Å². The Balaban J connectivity index is 1.82. The fourth-order valence-electron chi connectivity index (χ4n) is 2.18. The summed E-state index contributed by atoms with van der Waals surface area (Å²) in [5, 5.41) is 5.18. The number of fused-ring (bicyclic) bond motifs is 1. The standard InChI is InChI=1S/C15H10N4O/c1-2-4-13-11(3-1)7-10-19(13)15-17-14(20-18-15)12-5-8-16-9-6-12/h1-10H. The van der Waals surface area contributed by atoms with E-state index in [1.165, 1.54) is 0 Å². The van der Waals surface area contributed by atoms with Crippen molar-refractivity contribution in [2.24, 2.45) is 0 Å². The third-order valence-corrected chi connectivity index (χ3v) is 3.16. The highest BCUT2D eigenvalue weighted by Crippen LogP contribution is 2.21. The molecule has 1 aromatic carbocycles. The minimum Gasteiger partial charge on any atom is -0.332 e. The average Bonchev–Trinajstić information content (AvgIpc) is 3.14. The summed E-state index contributed by atoms with van der Waals surface area (Å²) in [6, 6.07) is 13.8. The van der Waals surface area contributed by atoms with Crippen LogP contribution in [0.15, 0.2) is 65.6 Å². The lowest BCUT2D eigenvalue weighted by molar-refractivity contribution is 0.427. The van der Waals surface area contributed by atoms with E-state index in [4.69, 9.17) is 4.52 Å². The molecule has 4 aromatic rings. The van der Waals surface area contributed by atoms with E-state index in [1.54, 1.807) is 12.4 Å². The monoisotopic (exact) mass is 262 g/mol. The van der Waals surface area contributed by atoms with Gasteiger partial charge in [0.05, 0.1) is 5.52 Å². The molecule has 5 heteroatoms. The third-order valence-electron chi connectivity index (χ3n) is 3.16. The van der Waals surface area contributed by atoms with Crippen LogP contribution < -0.4 is 0 Å². The Morgan fingerprint density at radius 3 is 2.70 bits per heavy atom. The highest BCUT2D eigenvalue weighted by atomic mass is 16.5. The highest BCUT2D eigenvalue weighted by molar-refractivity contribution is 5.81. The molecule has 96 valence electrons. The summed E-state index contributed by atoms with van der Waals surface area (Å²) in [5.41, 5.74) is 1.91. The maximum atomic E-state index is 5.31. The maximum absolute atomic E-state index is 5.31. The zero-order valence-corrected chi connectivity index (χ0v) is 10.5. The second-order valence-corrected chi connectivity index (χ2v) is 4.38. The second-order valence-electron chi connectivity index (χ2n) is 4.38. The van der Waals surface area contributed by atoms with Crippen molar-refractivity contribution in [3.63, 3.8) is 0 Å². The van der Waals surface area contributed by atoms with E-state index in [-0.39, 0.29) is 0 Å². The van der Waals surface area contributed by atoms with Gasteiger partial charge in [-0.15, -0.1) is 0 Å². The Bertz CT molecular complexity index is 864. The summed E-state index contributed by atoms with van der Waals surface area (Å²) in [5.74, 6) is 1.01. The van der Waals surface area contributed by atoms with E-state index < -0.39 is 0 Å². The molecule has 0 aliphatic heterocycles. The van der Waals surface area contributed by atoms with Crippen molar-refractivity contribution < 1.29 is 4.52 Å².